The lowest BCUT2D eigenvalue weighted by Gasteiger charge is -2.20. The maximum atomic E-state index is 12.1. The SMILES string of the molecule is CNC(COCC(F)(F)F)c1c(Cl)cnn1CCN(C)C. The number of ether oxygens (including phenoxy) is 1. The van der Waals surface area contributed by atoms with Crippen LogP contribution in [0.3, 0.4) is 0 Å². The lowest BCUT2D eigenvalue weighted by molar-refractivity contribution is -0.175. The Bertz CT molecular complexity index is 437. The summed E-state index contributed by atoms with van der Waals surface area (Å²) in [6.07, 6.45) is -2.85. The number of halogens is 4. The van der Waals surface area contributed by atoms with Crippen LogP contribution in [0.4, 0.5) is 13.2 Å². The first-order valence-corrected chi connectivity index (χ1v) is 6.80. The molecule has 0 amide bonds. The Morgan fingerprint density at radius 3 is 2.67 bits per heavy atom. The molecular formula is C12H20ClF3N4O. The number of nitrogens with zero attached hydrogens (tertiary/aromatic N) is 3. The average Bonchev–Trinajstić information content (AvgIpc) is 2.72. The van der Waals surface area contributed by atoms with Crippen molar-refractivity contribution in [1.82, 2.24) is 20.0 Å². The Kier molecular flexibility index (Phi) is 6.92. The molecule has 21 heavy (non-hydrogen) atoms. The number of rotatable bonds is 8. The molecule has 1 aromatic rings. The fourth-order valence-corrected chi connectivity index (χ4v) is 2.06. The largest absolute Gasteiger partial charge is 0.411 e. The Morgan fingerprint density at radius 2 is 2.14 bits per heavy atom. The summed E-state index contributed by atoms with van der Waals surface area (Å²) in [7, 11) is 5.49. The van der Waals surface area contributed by atoms with Gasteiger partial charge in [-0.3, -0.25) is 4.68 Å². The van der Waals surface area contributed by atoms with Gasteiger partial charge in [-0.2, -0.15) is 18.3 Å². The van der Waals surface area contributed by atoms with E-state index in [1.165, 1.54) is 6.20 Å². The molecule has 0 bridgehead atoms. The number of hydrogen-bond acceptors (Lipinski definition) is 4. The van der Waals surface area contributed by atoms with Crippen LogP contribution in [0.5, 0.6) is 0 Å². The van der Waals surface area contributed by atoms with Gasteiger partial charge >= 0.3 is 6.18 Å². The quantitative estimate of drug-likeness (QED) is 0.792. The summed E-state index contributed by atoms with van der Waals surface area (Å²) in [5.41, 5.74) is 0.628. The number of hydrogen-bond donors (Lipinski definition) is 1. The maximum Gasteiger partial charge on any atom is 0.411 e. The monoisotopic (exact) mass is 328 g/mol. The summed E-state index contributed by atoms with van der Waals surface area (Å²) in [5, 5.41) is 7.47. The minimum atomic E-state index is -4.34. The summed E-state index contributed by atoms with van der Waals surface area (Å²) in [6, 6.07) is -0.454. The van der Waals surface area contributed by atoms with E-state index in [1.54, 1.807) is 11.7 Å². The van der Waals surface area contributed by atoms with Crippen LogP contribution in [0.15, 0.2) is 6.20 Å². The Balaban J connectivity index is 2.72. The highest BCUT2D eigenvalue weighted by molar-refractivity contribution is 6.31. The molecule has 122 valence electrons. The van der Waals surface area contributed by atoms with Crippen LogP contribution in [0, 0.1) is 0 Å². The van der Waals surface area contributed by atoms with Crippen LogP contribution < -0.4 is 5.32 Å². The molecule has 1 aromatic heterocycles. The second-order valence-electron chi connectivity index (χ2n) is 4.88. The Labute approximate surface area is 127 Å². The molecule has 0 spiro atoms. The zero-order valence-electron chi connectivity index (χ0n) is 12.2. The van der Waals surface area contributed by atoms with Crippen LogP contribution >= 0.6 is 11.6 Å². The zero-order chi connectivity index (χ0) is 16.0. The van der Waals surface area contributed by atoms with Crippen molar-refractivity contribution in [2.75, 3.05) is 40.9 Å². The summed E-state index contributed by atoms with van der Waals surface area (Å²) < 4.78 is 42.8. The van der Waals surface area contributed by atoms with Crippen LogP contribution in [-0.4, -0.2) is 61.8 Å². The van der Waals surface area contributed by atoms with Crippen LogP contribution in [0.2, 0.25) is 5.02 Å². The van der Waals surface area contributed by atoms with E-state index in [0.717, 1.165) is 6.54 Å². The zero-order valence-corrected chi connectivity index (χ0v) is 13.0. The lowest BCUT2D eigenvalue weighted by Crippen LogP contribution is -2.29. The van der Waals surface area contributed by atoms with Gasteiger partial charge in [0.15, 0.2) is 0 Å². The minimum absolute atomic E-state index is 0.136. The molecule has 1 atom stereocenters. The first-order chi connectivity index (χ1) is 9.74. The molecule has 5 nitrogen and oxygen atoms in total. The summed E-state index contributed by atoms with van der Waals surface area (Å²) in [5.74, 6) is 0. The van der Waals surface area contributed by atoms with Crippen molar-refractivity contribution in [3.8, 4) is 0 Å². The topological polar surface area (TPSA) is 42.3 Å². The second-order valence-corrected chi connectivity index (χ2v) is 5.28. The van der Waals surface area contributed by atoms with E-state index in [0.29, 0.717) is 17.3 Å². The highest BCUT2D eigenvalue weighted by Crippen LogP contribution is 2.24. The maximum absolute atomic E-state index is 12.1. The van der Waals surface area contributed by atoms with E-state index in [1.807, 2.05) is 19.0 Å². The fourth-order valence-electron chi connectivity index (χ4n) is 1.78. The van der Waals surface area contributed by atoms with E-state index < -0.39 is 18.8 Å². The van der Waals surface area contributed by atoms with Crippen molar-refractivity contribution in [2.45, 2.75) is 18.8 Å². The number of likely N-dealkylation sites (N-methyl/N-ethyl adjacent to an activating group) is 2. The van der Waals surface area contributed by atoms with E-state index in [-0.39, 0.29) is 6.61 Å². The first-order valence-electron chi connectivity index (χ1n) is 6.42. The molecule has 9 heteroatoms. The van der Waals surface area contributed by atoms with Crippen molar-refractivity contribution >= 4 is 11.6 Å². The van der Waals surface area contributed by atoms with Gasteiger partial charge in [0.2, 0.25) is 0 Å². The van der Waals surface area contributed by atoms with Crippen LogP contribution in [0.1, 0.15) is 11.7 Å². The fraction of sp³-hybridized carbons (Fsp3) is 0.750. The van der Waals surface area contributed by atoms with Crippen molar-refractivity contribution in [3.05, 3.63) is 16.9 Å². The predicted molar refractivity (Wildman–Crippen MR) is 74.5 cm³/mol. The number of alkyl halides is 3. The first kappa shape index (κ1) is 18.2. The molecule has 1 N–H and O–H groups in total. The molecule has 1 rings (SSSR count). The highest BCUT2D eigenvalue weighted by Gasteiger charge is 2.28. The van der Waals surface area contributed by atoms with Crippen LogP contribution in [0.25, 0.3) is 0 Å². The van der Waals surface area contributed by atoms with E-state index >= 15 is 0 Å². The minimum Gasteiger partial charge on any atom is -0.370 e. The van der Waals surface area contributed by atoms with E-state index in [9.17, 15) is 13.2 Å². The van der Waals surface area contributed by atoms with Crippen molar-refractivity contribution in [1.29, 1.82) is 0 Å². The van der Waals surface area contributed by atoms with E-state index in [4.69, 9.17) is 16.3 Å². The van der Waals surface area contributed by atoms with Gasteiger partial charge in [-0.1, -0.05) is 11.6 Å². The molecule has 0 aliphatic heterocycles. The number of nitrogens with one attached hydrogen (secondary N) is 1. The van der Waals surface area contributed by atoms with Gasteiger partial charge in [0.1, 0.15) is 6.61 Å². The summed E-state index contributed by atoms with van der Waals surface area (Å²) in [4.78, 5) is 1.98. The highest BCUT2D eigenvalue weighted by atomic mass is 35.5. The van der Waals surface area contributed by atoms with Crippen molar-refractivity contribution < 1.29 is 17.9 Å². The van der Waals surface area contributed by atoms with E-state index in [2.05, 4.69) is 10.4 Å². The third-order valence-corrected chi connectivity index (χ3v) is 3.11. The summed E-state index contributed by atoms with van der Waals surface area (Å²) >= 11 is 6.09. The Morgan fingerprint density at radius 1 is 1.48 bits per heavy atom. The molecule has 0 aliphatic rings. The molecule has 0 aliphatic carbocycles. The number of aromatic nitrogens is 2. The molecule has 1 unspecified atom stereocenters. The van der Waals surface area contributed by atoms with Gasteiger partial charge in [-0.15, -0.1) is 0 Å². The standard InChI is InChI=1S/C12H20ClF3N4O/c1-17-10(7-21-8-12(14,15)16)11-9(13)6-18-20(11)5-4-19(2)3/h6,10,17H,4-5,7-8H2,1-3H3. The third kappa shape index (κ3) is 6.21. The normalized spacial score (nSPS) is 13.9. The van der Waals surface area contributed by atoms with Gasteiger partial charge in [-0.25, -0.2) is 0 Å². The molecule has 1 heterocycles. The average molecular weight is 329 g/mol. The van der Waals surface area contributed by atoms with Gasteiger partial charge in [0.05, 0.1) is 36.1 Å². The summed E-state index contributed by atoms with van der Waals surface area (Å²) in [6.45, 7) is -0.0879. The molecule has 0 radical (unpaired) electrons. The molecular weight excluding hydrogens is 309 g/mol. The van der Waals surface area contributed by atoms with Crippen molar-refractivity contribution in [2.24, 2.45) is 0 Å². The van der Waals surface area contributed by atoms with Gasteiger partial charge in [0.25, 0.3) is 0 Å². The lowest BCUT2D eigenvalue weighted by atomic mass is 10.2. The molecule has 0 aromatic carbocycles. The van der Waals surface area contributed by atoms with Gasteiger partial charge < -0.3 is 15.0 Å². The Hall–Kier alpha value is -0.830. The predicted octanol–water partition coefficient (Wildman–Crippen LogP) is 1.94. The van der Waals surface area contributed by atoms with Gasteiger partial charge in [0, 0.05) is 6.54 Å². The molecule has 0 saturated carbocycles. The van der Waals surface area contributed by atoms with Gasteiger partial charge in [-0.05, 0) is 21.1 Å². The molecule has 0 fully saturated rings. The van der Waals surface area contributed by atoms with Crippen molar-refractivity contribution in [3.63, 3.8) is 0 Å². The van der Waals surface area contributed by atoms with Crippen LogP contribution in [-0.2, 0) is 11.3 Å². The molecule has 0 saturated heterocycles. The second kappa shape index (κ2) is 7.98. The third-order valence-electron chi connectivity index (χ3n) is 2.82. The smallest absolute Gasteiger partial charge is 0.370 e.